The third kappa shape index (κ3) is 2.75. The quantitative estimate of drug-likeness (QED) is 0.824. The summed E-state index contributed by atoms with van der Waals surface area (Å²) < 4.78 is 7.24. The molecule has 138 valence electrons. The maximum Gasteiger partial charge on any atom is 0.255 e. The van der Waals surface area contributed by atoms with Gasteiger partial charge in [-0.25, -0.2) is 4.98 Å². The number of methoxy groups -OCH3 is 1. The van der Waals surface area contributed by atoms with Gasteiger partial charge in [0.25, 0.3) is 5.91 Å². The summed E-state index contributed by atoms with van der Waals surface area (Å²) in [5.74, 6) is 1.86. The molecule has 1 spiro atoms. The molecule has 1 saturated carbocycles. The van der Waals surface area contributed by atoms with Gasteiger partial charge in [-0.3, -0.25) is 4.79 Å². The van der Waals surface area contributed by atoms with Crippen LogP contribution in [0.2, 0.25) is 0 Å². The number of carbonyl (C=O) groups is 1. The van der Waals surface area contributed by atoms with Crippen LogP contribution >= 0.6 is 0 Å². The van der Waals surface area contributed by atoms with Crippen molar-refractivity contribution in [2.24, 2.45) is 5.41 Å². The molecule has 0 radical (unpaired) electrons. The van der Waals surface area contributed by atoms with E-state index in [1.54, 1.807) is 25.4 Å². The van der Waals surface area contributed by atoms with Gasteiger partial charge >= 0.3 is 0 Å². The van der Waals surface area contributed by atoms with Crippen molar-refractivity contribution in [3.05, 3.63) is 36.0 Å². The summed E-state index contributed by atoms with van der Waals surface area (Å²) in [6, 6.07) is 3.52. The van der Waals surface area contributed by atoms with Crippen LogP contribution in [0.4, 0.5) is 0 Å². The first-order valence-corrected chi connectivity index (χ1v) is 9.34. The number of amides is 1. The third-order valence-corrected chi connectivity index (χ3v) is 5.90. The molecule has 1 unspecified atom stereocenters. The molecule has 0 N–H and O–H groups in total. The first-order valence-electron chi connectivity index (χ1n) is 9.34. The number of likely N-dealkylation sites (tertiary alicyclic amines) is 1. The second-order valence-electron chi connectivity index (χ2n) is 7.43. The van der Waals surface area contributed by atoms with Gasteiger partial charge < -0.3 is 14.2 Å². The molecule has 2 aliphatic rings. The first kappa shape index (κ1) is 17.0. The summed E-state index contributed by atoms with van der Waals surface area (Å²) in [7, 11) is 1.57. The normalized spacial score (nSPS) is 21.0. The Morgan fingerprint density at radius 1 is 1.38 bits per heavy atom. The molecular weight excluding hydrogens is 330 g/mol. The standard InChI is InChI=1S/C19H25N5O2/c1-3-9-23-13-21-22-17(23)15-11-24(12-19(15)7-4-8-19)18(25)14-5-6-16(26-2)20-10-14/h5-6,10,13,15H,3-4,7-9,11-12H2,1-2H3. The van der Waals surface area contributed by atoms with E-state index in [2.05, 4.69) is 26.7 Å². The van der Waals surface area contributed by atoms with Crippen LogP contribution in [0.5, 0.6) is 5.88 Å². The predicted octanol–water partition coefficient (Wildman–Crippen LogP) is 2.50. The molecule has 0 aromatic carbocycles. The Labute approximate surface area is 153 Å². The van der Waals surface area contributed by atoms with Gasteiger partial charge in [-0.1, -0.05) is 13.3 Å². The van der Waals surface area contributed by atoms with E-state index in [4.69, 9.17) is 4.74 Å². The molecule has 1 aliphatic carbocycles. The number of pyridine rings is 1. The van der Waals surface area contributed by atoms with E-state index in [-0.39, 0.29) is 17.2 Å². The van der Waals surface area contributed by atoms with Crippen LogP contribution in [0.3, 0.4) is 0 Å². The van der Waals surface area contributed by atoms with Crippen molar-refractivity contribution in [1.82, 2.24) is 24.6 Å². The van der Waals surface area contributed by atoms with E-state index >= 15 is 0 Å². The lowest BCUT2D eigenvalue weighted by atomic mass is 9.62. The van der Waals surface area contributed by atoms with E-state index in [0.717, 1.165) is 38.2 Å². The second kappa shape index (κ2) is 6.70. The highest BCUT2D eigenvalue weighted by Crippen LogP contribution is 2.55. The zero-order valence-electron chi connectivity index (χ0n) is 15.4. The van der Waals surface area contributed by atoms with Crippen LogP contribution in [-0.2, 0) is 6.54 Å². The maximum atomic E-state index is 13.0. The Morgan fingerprint density at radius 3 is 2.85 bits per heavy atom. The van der Waals surface area contributed by atoms with Crippen molar-refractivity contribution >= 4 is 5.91 Å². The number of ether oxygens (including phenoxy) is 1. The van der Waals surface area contributed by atoms with Gasteiger partial charge in [0, 0.05) is 37.8 Å². The number of aromatic nitrogens is 4. The van der Waals surface area contributed by atoms with Crippen molar-refractivity contribution in [3.63, 3.8) is 0 Å². The minimum atomic E-state index is 0.0375. The lowest BCUT2D eigenvalue weighted by Gasteiger charge is -2.42. The maximum absolute atomic E-state index is 13.0. The summed E-state index contributed by atoms with van der Waals surface area (Å²) in [5, 5.41) is 8.57. The fourth-order valence-electron chi connectivity index (χ4n) is 4.37. The summed E-state index contributed by atoms with van der Waals surface area (Å²) in [6.45, 7) is 4.57. The molecule has 0 bridgehead atoms. The summed E-state index contributed by atoms with van der Waals surface area (Å²) >= 11 is 0. The Balaban J connectivity index is 1.58. The van der Waals surface area contributed by atoms with E-state index in [0.29, 0.717) is 18.0 Å². The number of rotatable bonds is 5. The van der Waals surface area contributed by atoms with E-state index in [9.17, 15) is 4.79 Å². The predicted molar refractivity (Wildman–Crippen MR) is 96.0 cm³/mol. The second-order valence-corrected chi connectivity index (χ2v) is 7.43. The third-order valence-electron chi connectivity index (χ3n) is 5.90. The monoisotopic (exact) mass is 355 g/mol. The average molecular weight is 355 g/mol. The minimum absolute atomic E-state index is 0.0375. The first-order chi connectivity index (χ1) is 12.7. The zero-order valence-corrected chi connectivity index (χ0v) is 15.4. The zero-order chi connectivity index (χ0) is 18.1. The number of aryl methyl sites for hydroxylation is 1. The Kier molecular flexibility index (Phi) is 4.38. The van der Waals surface area contributed by atoms with Crippen LogP contribution in [0.15, 0.2) is 24.7 Å². The molecule has 1 aliphatic heterocycles. The van der Waals surface area contributed by atoms with Gasteiger partial charge in [0.2, 0.25) is 5.88 Å². The molecule has 1 atom stereocenters. The van der Waals surface area contributed by atoms with Crippen molar-refractivity contribution in [3.8, 4) is 5.88 Å². The van der Waals surface area contributed by atoms with Gasteiger partial charge in [0.05, 0.1) is 12.7 Å². The van der Waals surface area contributed by atoms with Crippen LogP contribution in [0.1, 0.15) is 54.7 Å². The molecule has 26 heavy (non-hydrogen) atoms. The summed E-state index contributed by atoms with van der Waals surface area (Å²) in [5.41, 5.74) is 0.768. The molecular formula is C19H25N5O2. The molecule has 2 aromatic heterocycles. The largest absolute Gasteiger partial charge is 0.481 e. The Hall–Kier alpha value is -2.44. The van der Waals surface area contributed by atoms with Crippen LogP contribution < -0.4 is 4.74 Å². The molecule has 2 fully saturated rings. The summed E-state index contributed by atoms with van der Waals surface area (Å²) in [4.78, 5) is 19.1. The van der Waals surface area contributed by atoms with E-state index in [1.165, 1.54) is 6.42 Å². The van der Waals surface area contributed by atoms with Crippen molar-refractivity contribution in [2.75, 3.05) is 20.2 Å². The van der Waals surface area contributed by atoms with Crippen LogP contribution in [-0.4, -0.2) is 50.8 Å². The lowest BCUT2D eigenvalue weighted by molar-refractivity contribution is 0.0722. The smallest absolute Gasteiger partial charge is 0.255 e. The van der Waals surface area contributed by atoms with Gasteiger partial charge in [-0.2, -0.15) is 0 Å². The average Bonchev–Trinajstić information content (AvgIpc) is 3.25. The molecule has 1 saturated heterocycles. The van der Waals surface area contributed by atoms with Crippen molar-refractivity contribution in [1.29, 1.82) is 0 Å². The summed E-state index contributed by atoms with van der Waals surface area (Å²) in [6.07, 6.45) is 8.00. The Bertz CT molecular complexity index is 781. The van der Waals surface area contributed by atoms with Crippen molar-refractivity contribution < 1.29 is 9.53 Å². The van der Waals surface area contributed by atoms with E-state index < -0.39 is 0 Å². The lowest BCUT2D eigenvalue weighted by Crippen LogP contribution is -2.38. The number of hydrogen-bond acceptors (Lipinski definition) is 5. The highest BCUT2D eigenvalue weighted by Gasteiger charge is 2.53. The highest BCUT2D eigenvalue weighted by molar-refractivity contribution is 5.94. The molecule has 3 heterocycles. The SMILES string of the molecule is CCCn1cnnc1C1CN(C(=O)c2ccc(OC)nc2)CC12CCC2. The molecule has 2 aromatic rings. The number of hydrogen-bond donors (Lipinski definition) is 0. The molecule has 7 heteroatoms. The van der Waals surface area contributed by atoms with Gasteiger partial charge in [-0.15, -0.1) is 10.2 Å². The Morgan fingerprint density at radius 2 is 2.23 bits per heavy atom. The fourth-order valence-corrected chi connectivity index (χ4v) is 4.37. The van der Waals surface area contributed by atoms with Gasteiger partial charge in [0.1, 0.15) is 12.2 Å². The van der Waals surface area contributed by atoms with Crippen LogP contribution in [0.25, 0.3) is 0 Å². The topological polar surface area (TPSA) is 73.1 Å². The molecule has 7 nitrogen and oxygen atoms in total. The number of carbonyl (C=O) groups excluding carboxylic acids is 1. The molecule has 1 amide bonds. The van der Waals surface area contributed by atoms with Crippen LogP contribution in [0, 0.1) is 5.41 Å². The fraction of sp³-hybridized carbons (Fsp3) is 0.579. The number of nitrogens with zero attached hydrogens (tertiary/aromatic N) is 5. The van der Waals surface area contributed by atoms with Crippen molar-refractivity contribution in [2.45, 2.75) is 45.1 Å². The highest BCUT2D eigenvalue weighted by atomic mass is 16.5. The van der Waals surface area contributed by atoms with Gasteiger partial charge in [0.15, 0.2) is 0 Å². The van der Waals surface area contributed by atoms with E-state index in [1.807, 2.05) is 11.2 Å². The molecule has 4 rings (SSSR count). The van der Waals surface area contributed by atoms with Gasteiger partial charge in [-0.05, 0) is 30.7 Å². The minimum Gasteiger partial charge on any atom is -0.481 e.